The first-order valence-electron chi connectivity index (χ1n) is 6.66. The van der Waals surface area contributed by atoms with Crippen LogP contribution in [0.1, 0.15) is 30.2 Å². The van der Waals surface area contributed by atoms with Gasteiger partial charge in [0, 0.05) is 18.0 Å². The summed E-state index contributed by atoms with van der Waals surface area (Å²) in [5.74, 6) is 2.83. The van der Waals surface area contributed by atoms with Crippen LogP contribution in [0.3, 0.4) is 0 Å². The standard InChI is InChI=1S/C15H19NOS/c1-3-12(2)16-8-6-15(7-9-16)14-13(4-10-17-15)5-11-18-14/h1,5,11-12H,4,6-10H2,2H3. The molecule has 0 aliphatic carbocycles. The van der Waals surface area contributed by atoms with E-state index in [1.807, 2.05) is 11.3 Å². The molecule has 0 amide bonds. The summed E-state index contributed by atoms with van der Waals surface area (Å²) in [6, 6.07) is 2.51. The summed E-state index contributed by atoms with van der Waals surface area (Å²) < 4.78 is 6.19. The second-order valence-corrected chi connectivity index (χ2v) is 6.16. The zero-order chi connectivity index (χ0) is 12.6. The summed E-state index contributed by atoms with van der Waals surface area (Å²) in [6.45, 7) is 5.07. The Hall–Kier alpha value is -0.820. The van der Waals surface area contributed by atoms with E-state index >= 15 is 0 Å². The van der Waals surface area contributed by atoms with Gasteiger partial charge in [-0.15, -0.1) is 17.8 Å². The fraction of sp³-hybridized carbons (Fsp3) is 0.600. The number of piperidine rings is 1. The third-order valence-corrected chi connectivity index (χ3v) is 5.45. The molecule has 3 rings (SSSR count). The number of nitrogens with zero attached hydrogens (tertiary/aromatic N) is 1. The molecule has 3 heteroatoms. The van der Waals surface area contributed by atoms with Crippen molar-refractivity contribution in [2.24, 2.45) is 0 Å². The number of hydrogen-bond acceptors (Lipinski definition) is 3. The molecule has 1 atom stereocenters. The molecule has 2 nitrogen and oxygen atoms in total. The molecular weight excluding hydrogens is 242 g/mol. The molecule has 0 saturated carbocycles. The Morgan fingerprint density at radius 3 is 3.00 bits per heavy atom. The Bertz CT molecular complexity index is 465. The average Bonchev–Trinajstić information content (AvgIpc) is 2.89. The molecule has 1 aromatic rings. The van der Waals surface area contributed by atoms with Gasteiger partial charge in [0.25, 0.3) is 0 Å². The third-order valence-electron chi connectivity index (χ3n) is 4.30. The quantitative estimate of drug-likeness (QED) is 0.721. The molecule has 18 heavy (non-hydrogen) atoms. The van der Waals surface area contributed by atoms with Crippen LogP contribution < -0.4 is 0 Å². The normalized spacial score (nSPS) is 24.4. The maximum absolute atomic E-state index is 6.19. The second-order valence-electron chi connectivity index (χ2n) is 5.25. The Morgan fingerprint density at radius 1 is 1.50 bits per heavy atom. The van der Waals surface area contributed by atoms with Crippen LogP contribution in [-0.4, -0.2) is 30.6 Å². The molecule has 2 aliphatic rings. The van der Waals surface area contributed by atoms with Crippen LogP contribution in [0.4, 0.5) is 0 Å². The zero-order valence-corrected chi connectivity index (χ0v) is 11.6. The van der Waals surface area contributed by atoms with Gasteiger partial charge >= 0.3 is 0 Å². The van der Waals surface area contributed by atoms with Crippen LogP contribution in [0, 0.1) is 12.3 Å². The van der Waals surface area contributed by atoms with Crippen molar-refractivity contribution >= 4 is 11.3 Å². The van der Waals surface area contributed by atoms with Gasteiger partial charge in [-0.3, -0.25) is 4.90 Å². The van der Waals surface area contributed by atoms with Crippen molar-refractivity contribution in [2.75, 3.05) is 19.7 Å². The Balaban J connectivity index is 1.79. The number of ether oxygens (including phenoxy) is 1. The lowest BCUT2D eigenvalue weighted by Crippen LogP contribution is -2.48. The van der Waals surface area contributed by atoms with Crippen LogP contribution in [0.15, 0.2) is 11.4 Å². The molecular formula is C15H19NOS. The van der Waals surface area contributed by atoms with E-state index in [-0.39, 0.29) is 11.6 Å². The lowest BCUT2D eigenvalue weighted by molar-refractivity contribution is -0.0968. The predicted molar refractivity (Wildman–Crippen MR) is 74.8 cm³/mol. The topological polar surface area (TPSA) is 12.5 Å². The van der Waals surface area contributed by atoms with Crippen LogP contribution in [-0.2, 0) is 16.8 Å². The van der Waals surface area contributed by atoms with E-state index in [9.17, 15) is 0 Å². The fourth-order valence-electron chi connectivity index (χ4n) is 3.10. The fourth-order valence-corrected chi connectivity index (χ4v) is 4.27. The van der Waals surface area contributed by atoms with Crippen molar-refractivity contribution in [1.29, 1.82) is 0 Å². The van der Waals surface area contributed by atoms with Crippen LogP contribution >= 0.6 is 11.3 Å². The highest BCUT2D eigenvalue weighted by Gasteiger charge is 2.42. The first kappa shape index (κ1) is 12.2. The van der Waals surface area contributed by atoms with E-state index in [1.54, 1.807) is 0 Å². The molecule has 1 fully saturated rings. The van der Waals surface area contributed by atoms with Gasteiger partial charge in [-0.2, -0.15) is 0 Å². The SMILES string of the molecule is C#CC(C)N1CCC2(CC1)OCCc1ccsc12. The summed E-state index contributed by atoms with van der Waals surface area (Å²) in [7, 11) is 0. The molecule has 0 N–H and O–H groups in total. The minimum atomic E-state index is -0.00737. The first-order chi connectivity index (χ1) is 8.75. The summed E-state index contributed by atoms with van der Waals surface area (Å²) >= 11 is 1.86. The van der Waals surface area contributed by atoms with E-state index in [4.69, 9.17) is 11.2 Å². The number of hydrogen-bond donors (Lipinski definition) is 0. The minimum absolute atomic E-state index is 0.00737. The van der Waals surface area contributed by atoms with Crippen molar-refractivity contribution in [3.63, 3.8) is 0 Å². The monoisotopic (exact) mass is 261 g/mol. The van der Waals surface area contributed by atoms with Crippen LogP contribution in [0.5, 0.6) is 0 Å². The van der Waals surface area contributed by atoms with Gasteiger partial charge in [-0.25, -0.2) is 0 Å². The lowest BCUT2D eigenvalue weighted by Gasteiger charge is -2.44. The molecule has 0 radical (unpaired) electrons. The summed E-state index contributed by atoms with van der Waals surface area (Å²) in [5.41, 5.74) is 1.50. The van der Waals surface area contributed by atoms with Gasteiger partial charge in [0.05, 0.1) is 12.6 Å². The molecule has 96 valence electrons. The third kappa shape index (κ3) is 1.89. The molecule has 1 spiro atoms. The zero-order valence-electron chi connectivity index (χ0n) is 10.8. The van der Waals surface area contributed by atoms with E-state index < -0.39 is 0 Å². The molecule has 1 saturated heterocycles. The number of rotatable bonds is 1. The van der Waals surface area contributed by atoms with Crippen LogP contribution in [0.25, 0.3) is 0 Å². The molecule has 2 aliphatic heterocycles. The van der Waals surface area contributed by atoms with E-state index in [0.717, 1.165) is 39.0 Å². The number of fused-ring (bicyclic) bond motifs is 2. The Labute approximate surface area is 113 Å². The van der Waals surface area contributed by atoms with Crippen LogP contribution in [0.2, 0.25) is 0 Å². The van der Waals surface area contributed by atoms with E-state index in [1.165, 1.54) is 10.4 Å². The summed E-state index contributed by atoms with van der Waals surface area (Å²) in [4.78, 5) is 3.86. The van der Waals surface area contributed by atoms with Crippen molar-refractivity contribution in [3.8, 4) is 12.3 Å². The van der Waals surface area contributed by atoms with Crippen molar-refractivity contribution in [3.05, 3.63) is 21.9 Å². The van der Waals surface area contributed by atoms with Gasteiger partial charge in [-0.05, 0) is 43.2 Å². The van der Waals surface area contributed by atoms with Gasteiger partial charge in [-0.1, -0.05) is 5.92 Å². The predicted octanol–water partition coefficient (Wildman–Crippen LogP) is 2.63. The second kappa shape index (κ2) is 4.70. The number of likely N-dealkylation sites (tertiary alicyclic amines) is 1. The highest BCUT2D eigenvalue weighted by Crippen LogP contribution is 2.44. The average molecular weight is 261 g/mol. The largest absolute Gasteiger partial charge is 0.369 e. The number of terminal acetylenes is 1. The summed E-state index contributed by atoms with van der Waals surface area (Å²) in [5, 5.41) is 2.21. The van der Waals surface area contributed by atoms with Crippen molar-refractivity contribution < 1.29 is 4.74 Å². The Kier molecular flexibility index (Phi) is 3.19. The molecule has 3 heterocycles. The van der Waals surface area contributed by atoms with Gasteiger partial charge in [0.1, 0.15) is 5.60 Å². The van der Waals surface area contributed by atoms with Crippen molar-refractivity contribution in [2.45, 2.75) is 37.8 Å². The minimum Gasteiger partial charge on any atom is -0.369 e. The van der Waals surface area contributed by atoms with Gasteiger partial charge in [0.2, 0.25) is 0 Å². The maximum Gasteiger partial charge on any atom is 0.105 e. The van der Waals surface area contributed by atoms with E-state index in [2.05, 4.69) is 29.2 Å². The number of thiophene rings is 1. The first-order valence-corrected chi connectivity index (χ1v) is 7.54. The van der Waals surface area contributed by atoms with E-state index in [0.29, 0.717) is 0 Å². The molecule has 1 unspecified atom stereocenters. The Morgan fingerprint density at radius 2 is 2.28 bits per heavy atom. The van der Waals surface area contributed by atoms with Gasteiger partial charge in [0.15, 0.2) is 0 Å². The lowest BCUT2D eigenvalue weighted by atomic mass is 9.85. The highest BCUT2D eigenvalue weighted by atomic mass is 32.1. The van der Waals surface area contributed by atoms with Gasteiger partial charge < -0.3 is 4.74 Å². The molecule has 0 bridgehead atoms. The molecule has 1 aromatic heterocycles. The maximum atomic E-state index is 6.19. The molecule has 0 aromatic carbocycles. The van der Waals surface area contributed by atoms with Crippen molar-refractivity contribution in [1.82, 2.24) is 4.90 Å². The smallest absolute Gasteiger partial charge is 0.105 e. The highest BCUT2D eigenvalue weighted by molar-refractivity contribution is 7.10. The summed E-state index contributed by atoms with van der Waals surface area (Å²) in [6.07, 6.45) is 8.74.